The van der Waals surface area contributed by atoms with Crippen molar-refractivity contribution in [1.82, 2.24) is 5.32 Å². The molecule has 0 amide bonds. The molecule has 4 heteroatoms. The van der Waals surface area contributed by atoms with E-state index >= 15 is 0 Å². The number of fused-ring (bicyclic) bond motifs is 1. The van der Waals surface area contributed by atoms with E-state index in [0.717, 1.165) is 31.4 Å². The average molecular weight is 348 g/mol. The molecular weight excluding hydrogens is 322 g/mol. The first kappa shape index (κ1) is 18.8. The molecule has 0 aromatic heterocycles. The van der Waals surface area contributed by atoms with Crippen LogP contribution in [0.3, 0.4) is 0 Å². The van der Waals surface area contributed by atoms with Gasteiger partial charge in [-0.3, -0.25) is 5.32 Å². The van der Waals surface area contributed by atoms with Crippen LogP contribution >= 0.6 is 12.4 Å². The van der Waals surface area contributed by atoms with Crippen molar-refractivity contribution in [3.05, 3.63) is 65.2 Å². The van der Waals surface area contributed by atoms with Gasteiger partial charge < -0.3 is 9.84 Å². The minimum absolute atomic E-state index is 0. The summed E-state index contributed by atoms with van der Waals surface area (Å²) in [5, 5.41) is 13.6. The number of aliphatic hydroxyl groups excluding tert-OH is 1. The van der Waals surface area contributed by atoms with E-state index in [1.54, 1.807) is 0 Å². The molecule has 0 saturated carbocycles. The molecule has 0 radical (unpaired) electrons. The van der Waals surface area contributed by atoms with Gasteiger partial charge >= 0.3 is 0 Å². The molecule has 1 aliphatic rings. The summed E-state index contributed by atoms with van der Waals surface area (Å²) in [6.45, 7) is 2.37. The number of aliphatic hydroxyl groups is 1. The van der Waals surface area contributed by atoms with Crippen LogP contribution in [0.2, 0.25) is 0 Å². The summed E-state index contributed by atoms with van der Waals surface area (Å²) >= 11 is 0. The maximum Gasteiger partial charge on any atom is 0.139 e. The van der Waals surface area contributed by atoms with E-state index in [1.165, 1.54) is 16.7 Å². The molecule has 0 heterocycles. The monoisotopic (exact) mass is 347 g/mol. The first-order valence-corrected chi connectivity index (χ1v) is 8.50. The molecule has 130 valence electrons. The van der Waals surface area contributed by atoms with Crippen molar-refractivity contribution in [3.63, 3.8) is 0 Å². The summed E-state index contributed by atoms with van der Waals surface area (Å²) < 4.78 is 5.81. The summed E-state index contributed by atoms with van der Waals surface area (Å²) in [6.07, 6.45) is 3.59. The second-order valence-corrected chi connectivity index (χ2v) is 6.10. The Morgan fingerprint density at radius 2 is 1.92 bits per heavy atom. The smallest absolute Gasteiger partial charge is 0.139 e. The van der Waals surface area contributed by atoms with E-state index in [4.69, 9.17) is 4.74 Å². The Balaban J connectivity index is 0.00000208. The molecular formula is C20H26ClNO2. The average Bonchev–Trinajstić information content (AvgIpc) is 2.60. The molecule has 0 saturated heterocycles. The normalized spacial score (nSPS) is 17.5. The first-order chi connectivity index (χ1) is 11.3. The van der Waals surface area contributed by atoms with Crippen LogP contribution in [-0.2, 0) is 12.8 Å². The van der Waals surface area contributed by atoms with Crippen molar-refractivity contribution in [2.24, 2.45) is 0 Å². The van der Waals surface area contributed by atoms with Gasteiger partial charge in [-0.25, -0.2) is 0 Å². The van der Waals surface area contributed by atoms with Gasteiger partial charge in [-0.15, -0.1) is 12.4 Å². The summed E-state index contributed by atoms with van der Waals surface area (Å²) in [6, 6.07) is 16.7. The number of aryl methyl sites for hydroxylation is 2. The highest BCUT2D eigenvalue weighted by Gasteiger charge is 2.21. The van der Waals surface area contributed by atoms with E-state index in [-0.39, 0.29) is 25.1 Å². The molecule has 1 aliphatic carbocycles. The maximum absolute atomic E-state index is 10.3. The van der Waals surface area contributed by atoms with Gasteiger partial charge in [-0.05, 0) is 48.4 Å². The molecule has 0 bridgehead atoms. The number of rotatable bonds is 6. The van der Waals surface area contributed by atoms with Crippen molar-refractivity contribution in [2.75, 3.05) is 6.61 Å². The molecule has 0 spiro atoms. The zero-order valence-electron chi connectivity index (χ0n) is 14.1. The third-order valence-corrected chi connectivity index (χ3v) is 4.51. The molecule has 2 aromatic rings. The van der Waals surface area contributed by atoms with Gasteiger partial charge in [0.1, 0.15) is 18.6 Å². The minimum atomic E-state index is -0.670. The number of nitrogens with one attached hydrogen (secondary N) is 1. The van der Waals surface area contributed by atoms with Crippen molar-refractivity contribution in [3.8, 4) is 5.75 Å². The van der Waals surface area contributed by atoms with Gasteiger partial charge in [0.2, 0.25) is 0 Å². The number of halogens is 1. The Morgan fingerprint density at radius 1 is 1.17 bits per heavy atom. The predicted molar refractivity (Wildman–Crippen MR) is 99.8 cm³/mol. The van der Waals surface area contributed by atoms with Crippen LogP contribution in [0, 0.1) is 0 Å². The van der Waals surface area contributed by atoms with E-state index in [9.17, 15) is 5.11 Å². The fraction of sp³-hybridized carbons (Fsp3) is 0.400. The zero-order chi connectivity index (χ0) is 16.1. The van der Waals surface area contributed by atoms with E-state index in [2.05, 4.69) is 42.6 Å². The molecule has 2 atom stereocenters. The SMILES string of the molecule is CCc1ccccc1OC[C@@H](O)N[C@H]1CCCc2ccccc21.Cl. The highest BCUT2D eigenvalue weighted by atomic mass is 35.5. The van der Waals surface area contributed by atoms with Gasteiger partial charge in [-0.1, -0.05) is 49.4 Å². The van der Waals surface area contributed by atoms with Gasteiger partial charge in [0.15, 0.2) is 0 Å². The largest absolute Gasteiger partial charge is 0.489 e. The maximum atomic E-state index is 10.3. The lowest BCUT2D eigenvalue weighted by Gasteiger charge is -2.28. The second kappa shape index (κ2) is 9.07. The summed E-state index contributed by atoms with van der Waals surface area (Å²) in [5.74, 6) is 0.861. The van der Waals surface area contributed by atoms with Crippen molar-refractivity contribution < 1.29 is 9.84 Å². The predicted octanol–water partition coefficient (Wildman–Crippen LogP) is 4.04. The quantitative estimate of drug-likeness (QED) is 0.775. The van der Waals surface area contributed by atoms with Crippen LogP contribution in [-0.4, -0.2) is 17.9 Å². The fourth-order valence-electron chi connectivity index (χ4n) is 3.31. The van der Waals surface area contributed by atoms with Crippen molar-refractivity contribution in [2.45, 2.75) is 44.9 Å². The minimum Gasteiger partial charge on any atom is -0.489 e. The molecule has 0 unspecified atom stereocenters. The fourth-order valence-corrected chi connectivity index (χ4v) is 3.31. The van der Waals surface area contributed by atoms with Crippen LogP contribution in [0.4, 0.5) is 0 Å². The van der Waals surface area contributed by atoms with Crippen molar-refractivity contribution in [1.29, 1.82) is 0 Å². The molecule has 0 aliphatic heterocycles. The molecule has 0 fully saturated rings. The lowest BCUT2D eigenvalue weighted by atomic mass is 9.88. The molecule has 2 N–H and O–H groups in total. The lowest BCUT2D eigenvalue weighted by Crippen LogP contribution is -2.38. The summed E-state index contributed by atoms with van der Waals surface area (Å²) in [5.41, 5.74) is 3.87. The Labute approximate surface area is 150 Å². The van der Waals surface area contributed by atoms with Gasteiger partial charge in [-0.2, -0.15) is 0 Å². The highest BCUT2D eigenvalue weighted by molar-refractivity contribution is 5.85. The second-order valence-electron chi connectivity index (χ2n) is 6.10. The number of benzene rings is 2. The zero-order valence-corrected chi connectivity index (χ0v) is 14.9. The van der Waals surface area contributed by atoms with Crippen LogP contribution < -0.4 is 10.1 Å². The third-order valence-electron chi connectivity index (χ3n) is 4.51. The van der Waals surface area contributed by atoms with E-state index in [0.29, 0.717) is 0 Å². The Morgan fingerprint density at radius 3 is 2.75 bits per heavy atom. The summed E-state index contributed by atoms with van der Waals surface area (Å²) in [7, 11) is 0. The highest BCUT2D eigenvalue weighted by Crippen LogP contribution is 2.29. The molecule has 3 nitrogen and oxygen atoms in total. The number of hydrogen-bond donors (Lipinski definition) is 2. The van der Waals surface area contributed by atoms with Gasteiger partial charge in [0, 0.05) is 6.04 Å². The van der Waals surface area contributed by atoms with Crippen LogP contribution in [0.5, 0.6) is 5.75 Å². The first-order valence-electron chi connectivity index (χ1n) is 8.50. The molecule has 24 heavy (non-hydrogen) atoms. The topological polar surface area (TPSA) is 41.5 Å². The van der Waals surface area contributed by atoms with E-state index < -0.39 is 6.23 Å². The van der Waals surface area contributed by atoms with Gasteiger partial charge in [0.25, 0.3) is 0 Å². The molecule has 2 aromatic carbocycles. The van der Waals surface area contributed by atoms with Gasteiger partial charge in [0.05, 0.1) is 0 Å². The third kappa shape index (κ3) is 4.50. The van der Waals surface area contributed by atoms with Crippen molar-refractivity contribution >= 4 is 12.4 Å². The Bertz CT molecular complexity index is 647. The molecule has 3 rings (SSSR count). The number of ether oxygens (including phenoxy) is 1. The number of para-hydroxylation sites is 1. The lowest BCUT2D eigenvalue weighted by molar-refractivity contribution is 0.0652. The Hall–Kier alpha value is -1.55. The van der Waals surface area contributed by atoms with Crippen LogP contribution in [0.25, 0.3) is 0 Å². The van der Waals surface area contributed by atoms with Crippen LogP contribution in [0.15, 0.2) is 48.5 Å². The van der Waals surface area contributed by atoms with Crippen LogP contribution in [0.1, 0.15) is 42.5 Å². The Kier molecular flexibility index (Phi) is 7.10. The summed E-state index contributed by atoms with van der Waals surface area (Å²) in [4.78, 5) is 0. The van der Waals surface area contributed by atoms with E-state index in [1.807, 2.05) is 18.2 Å². The standard InChI is InChI=1S/C20H25NO2.ClH/c1-2-15-8-4-6-13-19(15)23-14-20(22)21-18-12-7-10-16-9-3-5-11-17(16)18;/h3-6,8-9,11,13,18,20-22H,2,7,10,12,14H2,1H3;1H/t18-,20+;/m0./s1. The number of hydrogen-bond acceptors (Lipinski definition) is 3.